The molecule has 0 aliphatic heterocycles. The molecule has 1 heteroatoms. The Bertz CT molecular complexity index is 168. The van der Waals surface area contributed by atoms with Crippen molar-refractivity contribution in [1.29, 1.82) is 0 Å². The molecule has 0 aromatic heterocycles. The first-order valence-electron chi connectivity index (χ1n) is 4.53. The minimum Gasteiger partial charge on any atom is -0.388 e. The summed E-state index contributed by atoms with van der Waals surface area (Å²) < 4.78 is 0. The Hall–Kier alpha value is -0.720. The van der Waals surface area contributed by atoms with E-state index in [0.29, 0.717) is 11.8 Å². The summed E-state index contributed by atoms with van der Waals surface area (Å²) in [7, 11) is 0. The summed E-state index contributed by atoms with van der Waals surface area (Å²) in [4.78, 5) is 0. The molecule has 0 heterocycles. The highest BCUT2D eigenvalue weighted by molar-refractivity contribution is 5.03. The van der Waals surface area contributed by atoms with Gasteiger partial charge in [-0.25, -0.2) is 0 Å². The van der Waals surface area contributed by atoms with Crippen LogP contribution in [0.5, 0.6) is 0 Å². The van der Waals surface area contributed by atoms with Gasteiger partial charge in [-0.15, -0.1) is 0 Å². The van der Waals surface area contributed by atoms with Gasteiger partial charge in [-0.1, -0.05) is 39.5 Å². The standard InChI is InChI=1S/C11H21N/c1-8(2)11(6)10(5)7-12-9(3)4/h8,10,12H,3,6-7H2,1-2,4-5H3. The van der Waals surface area contributed by atoms with Crippen LogP contribution < -0.4 is 5.32 Å². The van der Waals surface area contributed by atoms with E-state index in [1.54, 1.807) is 0 Å². The van der Waals surface area contributed by atoms with Gasteiger partial charge in [0.2, 0.25) is 0 Å². The molecule has 70 valence electrons. The zero-order valence-electron chi connectivity index (χ0n) is 8.78. The predicted molar refractivity (Wildman–Crippen MR) is 56.0 cm³/mol. The van der Waals surface area contributed by atoms with E-state index in [1.807, 2.05) is 6.92 Å². The van der Waals surface area contributed by atoms with Crippen molar-refractivity contribution in [3.05, 3.63) is 24.4 Å². The molecule has 0 bridgehead atoms. The second-order valence-corrected chi connectivity index (χ2v) is 3.79. The fraction of sp³-hybridized carbons (Fsp3) is 0.636. The van der Waals surface area contributed by atoms with Crippen molar-refractivity contribution in [3.63, 3.8) is 0 Å². The Morgan fingerprint density at radius 1 is 1.25 bits per heavy atom. The van der Waals surface area contributed by atoms with E-state index < -0.39 is 0 Å². The Labute approximate surface area is 76.6 Å². The molecule has 0 spiro atoms. The van der Waals surface area contributed by atoms with Crippen LogP contribution in [0.25, 0.3) is 0 Å². The van der Waals surface area contributed by atoms with Crippen LogP contribution in [0, 0.1) is 11.8 Å². The van der Waals surface area contributed by atoms with Crippen LogP contribution >= 0.6 is 0 Å². The Morgan fingerprint density at radius 2 is 1.75 bits per heavy atom. The molecule has 0 fully saturated rings. The van der Waals surface area contributed by atoms with Gasteiger partial charge in [0.25, 0.3) is 0 Å². The van der Waals surface area contributed by atoms with Crippen molar-refractivity contribution in [2.24, 2.45) is 11.8 Å². The fourth-order valence-corrected chi connectivity index (χ4v) is 1.03. The zero-order valence-corrected chi connectivity index (χ0v) is 8.78. The maximum Gasteiger partial charge on any atom is 0.0206 e. The van der Waals surface area contributed by atoms with Gasteiger partial charge < -0.3 is 5.32 Å². The number of rotatable bonds is 5. The van der Waals surface area contributed by atoms with Gasteiger partial charge in [-0.3, -0.25) is 0 Å². The van der Waals surface area contributed by atoms with Crippen molar-refractivity contribution in [3.8, 4) is 0 Å². The topological polar surface area (TPSA) is 12.0 Å². The summed E-state index contributed by atoms with van der Waals surface area (Å²) >= 11 is 0. The minimum absolute atomic E-state index is 0.529. The lowest BCUT2D eigenvalue weighted by molar-refractivity contribution is 0.557. The summed E-state index contributed by atoms with van der Waals surface area (Å²) in [6, 6.07) is 0. The van der Waals surface area contributed by atoms with Gasteiger partial charge in [0.05, 0.1) is 0 Å². The van der Waals surface area contributed by atoms with E-state index in [4.69, 9.17) is 0 Å². The quantitative estimate of drug-likeness (QED) is 0.621. The van der Waals surface area contributed by atoms with Crippen molar-refractivity contribution in [2.75, 3.05) is 6.54 Å². The lowest BCUT2D eigenvalue weighted by Crippen LogP contribution is -2.21. The first-order chi connectivity index (χ1) is 5.45. The Kier molecular flexibility index (Phi) is 4.72. The third-order valence-electron chi connectivity index (χ3n) is 2.08. The van der Waals surface area contributed by atoms with Gasteiger partial charge in [-0.2, -0.15) is 0 Å². The molecule has 0 aromatic rings. The summed E-state index contributed by atoms with van der Waals surface area (Å²) in [6.45, 7) is 17.3. The molecular formula is C11H21N. The SMILES string of the molecule is C=C(C)NCC(C)C(=C)C(C)C. The van der Waals surface area contributed by atoms with E-state index in [9.17, 15) is 0 Å². The highest BCUT2D eigenvalue weighted by Crippen LogP contribution is 2.16. The fourth-order valence-electron chi connectivity index (χ4n) is 1.03. The molecule has 0 aliphatic carbocycles. The third-order valence-corrected chi connectivity index (χ3v) is 2.08. The van der Waals surface area contributed by atoms with Crippen LogP contribution in [0.1, 0.15) is 27.7 Å². The summed E-state index contributed by atoms with van der Waals surface area (Å²) in [5.74, 6) is 1.11. The molecule has 1 nitrogen and oxygen atoms in total. The van der Waals surface area contributed by atoms with Crippen molar-refractivity contribution < 1.29 is 0 Å². The van der Waals surface area contributed by atoms with Crippen LogP contribution in [0.4, 0.5) is 0 Å². The Morgan fingerprint density at radius 3 is 2.08 bits per heavy atom. The van der Waals surface area contributed by atoms with E-state index in [0.717, 1.165) is 12.2 Å². The van der Waals surface area contributed by atoms with Gasteiger partial charge in [0.15, 0.2) is 0 Å². The average Bonchev–Trinajstić information content (AvgIpc) is 1.98. The monoisotopic (exact) mass is 167 g/mol. The van der Waals surface area contributed by atoms with Crippen LogP contribution in [0.15, 0.2) is 24.4 Å². The first-order valence-corrected chi connectivity index (χ1v) is 4.53. The van der Waals surface area contributed by atoms with Crippen LogP contribution in [0.3, 0.4) is 0 Å². The molecule has 12 heavy (non-hydrogen) atoms. The lowest BCUT2D eigenvalue weighted by atomic mass is 9.93. The molecule has 1 N–H and O–H groups in total. The number of allylic oxidation sites excluding steroid dienone is 1. The molecule has 0 saturated heterocycles. The van der Waals surface area contributed by atoms with Crippen molar-refractivity contribution >= 4 is 0 Å². The van der Waals surface area contributed by atoms with Gasteiger partial charge >= 0.3 is 0 Å². The molecule has 0 rings (SSSR count). The maximum absolute atomic E-state index is 4.06. The second-order valence-electron chi connectivity index (χ2n) is 3.79. The van der Waals surface area contributed by atoms with E-state index in [-0.39, 0.29) is 0 Å². The normalized spacial score (nSPS) is 12.8. The second kappa shape index (κ2) is 5.02. The zero-order chi connectivity index (χ0) is 9.72. The molecule has 0 saturated carbocycles. The van der Waals surface area contributed by atoms with E-state index in [1.165, 1.54) is 5.57 Å². The van der Waals surface area contributed by atoms with Gasteiger partial charge in [0, 0.05) is 12.2 Å². The maximum atomic E-state index is 4.06. The summed E-state index contributed by atoms with van der Waals surface area (Å²) in [6.07, 6.45) is 0. The van der Waals surface area contributed by atoms with Crippen LogP contribution in [-0.4, -0.2) is 6.54 Å². The average molecular weight is 167 g/mol. The van der Waals surface area contributed by atoms with Crippen molar-refractivity contribution in [2.45, 2.75) is 27.7 Å². The predicted octanol–water partition coefficient (Wildman–Crippen LogP) is 2.96. The van der Waals surface area contributed by atoms with E-state index in [2.05, 4.69) is 39.2 Å². The first kappa shape index (κ1) is 11.3. The molecular weight excluding hydrogens is 146 g/mol. The Balaban J connectivity index is 3.79. The summed E-state index contributed by atoms with van der Waals surface area (Å²) in [5.41, 5.74) is 2.34. The van der Waals surface area contributed by atoms with Crippen LogP contribution in [-0.2, 0) is 0 Å². The highest BCUT2D eigenvalue weighted by Gasteiger charge is 2.08. The van der Waals surface area contributed by atoms with E-state index >= 15 is 0 Å². The van der Waals surface area contributed by atoms with Gasteiger partial charge in [0.1, 0.15) is 0 Å². The van der Waals surface area contributed by atoms with Gasteiger partial charge in [-0.05, 0) is 18.8 Å². The molecule has 0 aliphatic rings. The molecule has 0 aromatic carbocycles. The highest BCUT2D eigenvalue weighted by atomic mass is 14.9. The number of hydrogen-bond acceptors (Lipinski definition) is 1. The largest absolute Gasteiger partial charge is 0.388 e. The van der Waals surface area contributed by atoms with Crippen LogP contribution in [0.2, 0.25) is 0 Å². The smallest absolute Gasteiger partial charge is 0.0206 e. The lowest BCUT2D eigenvalue weighted by Gasteiger charge is -2.18. The molecule has 1 atom stereocenters. The van der Waals surface area contributed by atoms with Crippen molar-refractivity contribution in [1.82, 2.24) is 5.32 Å². The molecule has 0 radical (unpaired) electrons. The third kappa shape index (κ3) is 4.22. The molecule has 1 unspecified atom stereocenters. The minimum atomic E-state index is 0.529. The number of nitrogens with one attached hydrogen (secondary N) is 1. The summed E-state index contributed by atoms with van der Waals surface area (Å²) in [5, 5.41) is 3.23. The molecule has 0 amide bonds. The number of hydrogen-bond donors (Lipinski definition) is 1.